The summed E-state index contributed by atoms with van der Waals surface area (Å²) in [6.45, 7) is -0.404. The van der Waals surface area contributed by atoms with Crippen LogP contribution < -0.4 is 0 Å². The first-order chi connectivity index (χ1) is 7.61. The average Bonchev–Trinajstić information content (AvgIpc) is 2.26. The van der Waals surface area contributed by atoms with Crippen LogP contribution in [0.15, 0.2) is 11.8 Å². The summed E-state index contributed by atoms with van der Waals surface area (Å²) in [5.74, 6) is -0.682. The van der Waals surface area contributed by atoms with Gasteiger partial charge in [0, 0.05) is 13.5 Å². The Kier molecular flexibility index (Phi) is 9.02. The lowest BCUT2D eigenvalue weighted by molar-refractivity contribution is -0.0506. The van der Waals surface area contributed by atoms with Crippen molar-refractivity contribution < 1.29 is 33.2 Å². The van der Waals surface area contributed by atoms with E-state index in [-0.39, 0.29) is 13.4 Å². The molecule has 0 saturated carbocycles. The molecule has 1 atom stereocenters. The number of hydrogen-bond donors (Lipinski definition) is 2. The molecule has 96 valence electrons. The third kappa shape index (κ3) is 7.52. The van der Waals surface area contributed by atoms with Gasteiger partial charge in [0.25, 0.3) is 0 Å². The molecule has 0 rings (SSSR count). The van der Waals surface area contributed by atoms with Crippen molar-refractivity contribution in [2.45, 2.75) is 12.5 Å². The third-order valence-electron chi connectivity index (χ3n) is 1.59. The van der Waals surface area contributed by atoms with Crippen molar-refractivity contribution in [3.8, 4) is 0 Å². The maximum absolute atomic E-state index is 12.3. The van der Waals surface area contributed by atoms with E-state index in [1.807, 2.05) is 0 Å². The first kappa shape index (κ1) is 15.2. The molecule has 0 aromatic carbocycles. The second kappa shape index (κ2) is 9.46. The molecule has 0 bridgehead atoms. The highest BCUT2D eigenvalue weighted by Gasteiger charge is 2.13. The Morgan fingerprint density at radius 2 is 2.00 bits per heavy atom. The van der Waals surface area contributed by atoms with E-state index in [1.54, 1.807) is 0 Å². The molecule has 0 aromatic heterocycles. The molecule has 0 heterocycles. The molecule has 0 amide bonds. The molecule has 0 radical (unpaired) electrons. The highest BCUT2D eigenvalue weighted by atomic mass is 19.3. The Labute approximate surface area is 92.2 Å². The monoisotopic (exact) mass is 242 g/mol. The molecule has 0 aromatic rings. The summed E-state index contributed by atoms with van der Waals surface area (Å²) in [7, 11) is 1.48. The molecule has 2 N–H and O–H groups in total. The maximum atomic E-state index is 12.3. The zero-order valence-corrected chi connectivity index (χ0v) is 8.99. The Hall–Kier alpha value is -0.760. The van der Waals surface area contributed by atoms with Gasteiger partial charge in [0.05, 0.1) is 25.9 Å². The Balaban J connectivity index is 3.84. The Bertz CT molecular complexity index is 206. The lowest BCUT2D eigenvalue weighted by Gasteiger charge is -2.12. The zero-order chi connectivity index (χ0) is 12.4. The minimum Gasteiger partial charge on any atom is -0.466 e. The molecule has 0 spiro atoms. The standard InChI is InChI=1S/C9H16F2O5/c1-14-2-3-15-6-16-8(9(10)11)4-7(13)5-12/h7,12-13H,2-6H2,1H3/t7-/m1/s1. The van der Waals surface area contributed by atoms with E-state index in [0.29, 0.717) is 6.61 Å². The van der Waals surface area contributed by atoms with Crippen molar-refractivity contribution in [1.82, 2.24) is 0 Å². The summed E-state index contributed by atoms with van der Waals surface area (Å²) in [5.41, 5.74) is 0. The van der Waals surface area contributed by atoms with Crippen LogP contribution in [-0.2, 0) is 14.2 Å². The summed E-state index contributed by atoms with van der Waals surface area (Å²) in [6, 6.07) is 0. The van der Waals surface area contributed by atoms with Gasteiger partial charge in [0.2, 0.25) is 0 Å². The Morgan fingerprint density at radius 1 is 1.31 bits per heavy atom. The van der Waals surface area contributed by atoms with Gasteiger partial charge in [-0.1, -0.05) is 0 Å². The fourth-order valence-corrected chi connectivity index (χ4v) is 0.783. The number of methoxy groups -OCH3 is 1. The minimum atomic E-state index is -2.04. The van der Waals surface area contributed by atoms with Crippen molar-refractivity contribution in [3.63, 3.8) is 0 Å². The van der Waals surface area contributed by atoms with E-state index in [9.17, 15) is 8.78 Å². The van der Waals surface area contributed by atoms with Crippen LogP contribution in [0.5, 0.6) is 0 Å². The van der Waals surface area contributed by atoms with Crippen molar-refractivity contribution in [3.05, 3.63) is 11.8 Å². The van der Waals surface area contributed by atoms with Crippen LogP contribution in [0.3, 0.4) is 0 Å². The van der Waals surface area contributed by atoms with Crippen LogP contribution in [-0.4, -0.2) is 50.0 Å². The molecule has 16 heavy (non-hydrogen) atoms. The van der Waals surface area contributed by atoms with Gasteiger partial charge in [-0.2, -0.15) is 8.78 Å². The normalized spacial score (nSPS) is 12.3. The van der Waals surface area contributed by atoms with E-state index in [4.69, 9.17) is 14.9 Å². The van der Waals surface area contributed by atoms with Gasteiger partial charge < -0.3 is 24.4 Å². The van der Waals surface area contributed by atoms with Gasteiger partial charge in [-0.25, -0.2) is 0 Å². The lowest BCUT2D eigenvalue weighted by Crippen LogP contribution is -2.15. The number of hydrogen-bond acceptors (Lipinski definition) is 5. The van der Waals surface area contributed by atoms with Gasteiger partial charge in [0.1, 0.15) is 0 Å². The number of aliphatic hydroxyl groups is 2. The van der Waals surface area contributed by atoms with Gasteiger partial charge in [-0.05, 0) is 0 Å². The predicted octanol–water partition coefficient (Wildman–Crippen LogP) is 0.475. The zero-order valence-electron chi connectivity index (χ0n) is 8.99. The number of rotatable bonds is 9. The molecule has 0 fully saturated rings. The fourth-order valence-electron chi connectivity index (χ4n) is 0.783. The van der Waals surface area contributed by atoms with E-state index in [1.165, 1.54) is 7.11 Å². The topological polar surface area (TPSA) is 68.2 Å². The third-order valence-corrected chi connectivity index (χ3v) is 1.59. The minimum absolute atomic E-state index is 0.222. The summed E-state index contributed by atoms with van der Waals surface area (Å²) in [6.07, 6.45) is -3.76. The van der Waals surface area contributed by atoms with E-state index in [2.05, 4.69) is 9.47 Å². The van der Waals surface area contributed by atoms with Gasteiger partial charge >= 0.3 is 6.08 Å². The summed E-state index contributed by atoms with van der Waals surface area (Å²) < 4.78 is 38.6. The number of ether oxygens (including phenoxy) is 3. The smallest absolute Gasteiger partial charge is 0.307 e. The van der Waals surface area contributed by atoms with Gasteiger partial charge in [-0.3, -0.25) is 0 Å². The molecule has 0 aliphatic carbocycles. The Morgan fingerprint density at radius 3 is 2.50 bits per heavy atom. The quantitative estimate of drug-likeness (QED) is 0.349. The van der Waals surface area contributed by atoms with Gasteiger partial charge in [-0.15, -0.1) is 0 Å². The van der Waals surface area contributed by atoms with Crippen LogP contribution >= 0.6 is 0 Å². The van der Waals surface area contributed by atoms with Crippen molar-refractivity contribution in [2.24, 2.45) is 0 Å². The van der Waals surface area contributed by atoms with E-state index >= 15 is 0 Å². The molecule has 0 aliphatic rings. The molecule has 0 aliphatic heterocycles. The van der Waals surface area contributed by atoms with E-state index < -0.39 is 31.0 Å². The predicted molar refractivity (Wildman–Crippen MR) is 50.7 cm³/mol. The largest absolute Gasteiger partial charge is 0.466 e. The first-order valence-corrected chi connectivity index (χ1v) is 4.64. The second-order valence-corrected chi connectivity index (χ2v) is 2.89. The van der Waals surface area contributed by atoms with Crippen LogP contribution in [0.4, 0.5) is 8.78 Å². The molecular weight excluding hydrogens is 226 g/mol. The SMILES string of the molecule is COCCOCOC(C[C@@H](O)CO)=C(F)F. The highest BCUT2D eigenvalue weighted by Crippen LogP contribution is 2.15. The lowest BCUT2D eigenvalue weighted by atomic mass is 10.2. The second-order valence-electron chi connectivity index (χ2n) is 2.89. The molecular formula is C9H16F2O5. The summed E-state index contributed by atoms with van der Waals surface area (Å²) >= 11 is 0. The highest BCUT2D eigenvalue weighted by molar-refractivity contribution is 4.94. The molecule has 7 heteroatoms. The fraction of sp³-hybridized carbons (Fsp3) is 0.778. The molecule has 0 saturated heterocycles. The van der Waals surface area contributed by atoms with E-state index in [0.717, 1.165) is 0 Å². The average molecular weight is 242 g/mol. The summed E-state index contributed by atoms with van der Waals surface area (Å²) in [5, 5.41) is 17.4. The maximum Gasteiger partial charge on any atom is 0.307 e. The number of halogens is 2. The van der Waals surface area contributed by atoms with Crippen LogP contribution in [0.25, 0.3) is 0 Å². The van der Waals surface area contributed by atoms with Gasteiger partial charge in [0.15, 0.2) is 12.6 Å². The van der Waals surface area contributed by atoms with Crippen LogP contribution in [0.2, 0.25) is 0 Å². The molecule has 0 unspecified atom stereocenters. The van der Waals surface area contributed by atoms with Crippen LogP contribution in [0, 0.1) is 0 Å². The summed E-state index contributed by atoms with van der Waals surface area (Å²) in [4.78, 5) is 0. The van der Waals surface area contributed by atoms with Crippen LogP contribution in [0.1, 0.15) is 6.42 Å². The van der Waals surface area contributed by atoms with Crippen molar-refractivity contribution in [2.75, 3.05) is 33.7 Å². The number of aliphatic hydroxyl groups excluding tert-OH is 2. The van der Waals surface area contributed by atoms with Crippen molar-refractivity contribution in [1.29, 1.82) is 0 Å². The van der Waals surface area contributed by atoms with Crippen molar-refractivity contribution >= 4 is 0 Å². The molecule has 5 nitrogen and oxygen atoms in total. The first-order valence-electron chi connectivity index (χ1n) is 4.64.